The quantitative estimate of drug-likeness (QED) is 0.903. The lowest BCUT2D eigenvalue weighted by Gasteiger charge is -2.28. The molecule has 3 rings (SSSR count). The molecule has 104 valence electrons. The van der Waals surface area contributed by atoms with E-state index in [4.69, 9.17) is 4.74 Å². The maximum Gasteiger partial charge on any atom is 0.125 e. The number of ether oxygens (including phenoxy) is 1. The highest BCUT2D eigenvalue weighted by atomic mass is 16.5. The SMILES string of the molecule is COc1cc(C)cc(C)c1C1(O)CCc2ccccc21. The van der Waals surface area contributed by atoms with Crippen LogP contribution in [-0.2, 0) is 12.0 Å². The highest BCUT2D eigenvalue weighted by Crippen LogP contribution is 2.46. The normalized spacial score (nSPS) is 20.8. The molecule has 0 saturated heterocycles. The first-order chi connectivity index (χ1) is 9.56. The summed E-state index contributed by atoms with van der Waals surface area (Å²) in [7, 11) is 1.67. The van der Waals surface area contributed by atoms with E-state index in [-0.39, 0.29) is 0 Å². The Labute approximate surface area is 120 Å². The van der Waals surface area contributed by atoms with Gasteiger partial charge in [-0.25, -0.2) is 0 Å². The van der Waals surface area contributed by atoms with Gasteiger partial charge in [-0.3, -0.25) is 0 Å². The summed E-state index contributed by atoms with van der Waals surface area (Å²) in [5, 5.41) is 11.3. The summed E-state index contributed by atoms with van der Waals surface area (Å²) < 4.78 is 5.54. The fourth-order valence-corrected chi connectivity index (χ4v) is 3.47. The van der Waals surface area contributed by atoms with E-state index in [0.717, 1.165) is 34.4 Å². The number of fused-ring (bicyclic) bond motifs is 1. The van der Waals surface area contributed by atoms with Crippen LogP contribution < -0.4 is 4.74 Å². The lowest BCUT2D eigenvalue weighted by Crippen LogP contribution is -2.26. The first-order valence-corrected chi connectivity index (χ1v) is 7.03. The minimum Gasteiger partial charge on any atom is -0.496 e. The van der Waals surface area contributed by atoms with Crippen molar-refractivity contribution in [2.24, 2.45) is 0 Å². The molecule has 2 aromatic carbocycles. The Morgan fingerprint density at radius 1 is 1.15 bits per heavy atom. The van der Waals surface area contributed by atoms with Gasteiger partial charge in [0, 0.05) is 5.56 Å². The van der Waals surface area contributed by atoms with Gasteiger partial charge in [-0.05, 0) is 55.0 Å². The van der Waals surface area contributed by atoms with Gasteiger partial charge in [0.15, 0.2) is 0 Å². The van der Waals surface area contributed by atoms with E-state index in [1.807, 2.05) is 38.1 Å². The fourth-order valence-electron chi connectivity index (χ4n) is 3.47. The smallest absolute Gasteiger partial charge is 0.125 e. The highest BCUT2D eigenvalue weighted by Gasteiger charge is 2.41. The van der Waals surface area contributed by atoms with E-state index >= 15 is 0 Å². The molecule has 0 heterocycles. The molecule has 2 heteroatoms. The second-order valence-corrected chi connectivity index (χ2v) is 5.68. The predicted octanol–water partition coefficient (Wildman–Crippen LogP) is 3.49. The van der Waals surface area contributed by atoms with Gasteiger partial charge in [-0.1, -0.05) is 30.3 Å². The third-order valence-electron chi connectivity index (χ3n) is 4.30. The average Bonchev–Trinajstić information content (AvgIpc) is 2.76. The summed E-state index contributed by atoms with van der Waals surface area (Å²) >= 11 is 0. The molecule has 0 amide bonds. The summed E-state index contributed by atoms with van der Waals surface area (Å²) in [4.78, 5) is 0. The molecule has 0 aliphatic heterocycles. The molecule has 0 radical (unpaired) electrons. The molecule has 1 unspecified atom stereocenters. The van der Waals surface area contributed by atoms with Crippen molar-refractivity contribution in [3.8, 4) is 5.75 Å². The Morgan fingerprint density at radius 3 is 2.65 bits per heavy atom. The molecule has 2 aromatic rings. The lowest BCUT2D eigenvalue weighted by atomic mass is 9.84. The summed E-state index contributed by atoms with van der Waals surface area (Å²) in [5.74, 6) is 0.779. The van der Waals surface area contributed by atoms with Crippen molar-refractivity contribution in [2.75, 3.05) is 7.11 Å². The Kier molecular flexibility index (Phi) is 3.06. The van der Waals surface area contributed by atoms with Crippen LogP contribution in [0.15, 0.2) is 36.4 Å². The van der Waals surface area contributed by atoms with Crippen LogP contribution in [0, 0.1) is 13.8 Å². The van der Waals surface area contributed by atoms with Crippen molar-refractivity contribution in [3.05, 3.63) is 64.2 Å². The van der Waals surface area contributed by atoms with Crippen molar-refractivity contribution >= 4 is 0 Å². The zero-order chi connectivity index (χ0) is 14.3. The summed E-state index contributed by atoms with van der Waals surface area (Å²) in [6.07, 6.45) is 1.62. The number of rotatable bonds is 2. The van der Waals surface area contributed by atoms with E-state index in [1.54, 1.807) is 7.11 Å². The Balaban J connectivity index is 2.24. The van der Waals surface area contributed by atoms with Gasteiger partial charge in [0.2, 0.25) is 0 Å². The first-order valence-electron chi connectivity index (χ1n) is 7.03. The monoisotopic (exact) mass is 268 g/mol. The van der Waals surface area contributed by atoms with Crippen LogP contribution in [0.2, 0.25) is 0 Å². The van der Waals surface area contributed by atoms with Crippen LogP contribution in [0.1, 0.15) is 34.2 Å². The Hall–Kier alpha value is -1.80. The number of methoxy groups -OCH3 is 1. The second kappa shape index (κ2) is 4.64. The Morgan fingerprint density at radius 2 is 1.90 bits per heavy atom. The maximum absolute atomic E-state index is 11.3. The molecule has 0 aromatic heterocycles. The van der Waals surface area contributed by atoms with E-state index in [1.165, 1.54) is 5.56 Å². The molecule has 1 aliphatic carbocycles. The molecule has 2 nitrogen and oxygen atoms in total. The van der Waals surface area contributed by atoms with E-state index < -0.39 is 5.60 Å². The third-order valence-corrected chi connectivity index (χ3v) is 4.30. The van der Waals surface area contributed by atoms with Crippen LogP contribution in [0.4, 0.5) is 0 Å². The van der Waals surface area contributed by atoms with Crippen molar-refractivity contribution in [1.82, 2.24) is 0 Å². The number of hydrogen-bond acceptors (Lipinski definition) is 2. The third kappa shape index (κ3) is 1.83. The zero-order valence-corrected chi connectivity index (χ0v) is 12.2. The van der Waals surface area contributed by atoms with Crippen LogP contribution in [0.3, 0.4) is 0 Å². The largest absolute Gasteiger partial charge is 0.496 e. The van der Waals surface area contributed by atoms with Crippen LogP contribution >= 0.6 is 0 Å². The fraction of sp³-hybridized carbons (Fsp3) is 0.333. The van der Waals surface area contributed by atoms with E-state index in [2.05, 4.69) is 12.1 Å². The van der Waals surface area contributed by atoms with Gasteiger partial charge in [-0.15, -0.1) is 0 Å². The van der Waals surface area contributed by atoms with E-state index in [0.29, 0.717) is 6.42 Å². The molecule has 0 saturated carbocycles. The van der Waals surface area contributed by atoms with Crippen LogP contribution in [-0.4, -0.2) is 12.2 Å². The number of hydrogen-bond donors (Lipinski definition) is 1. The zero-order valence-electron chi connectivity index (χ0n) is 12.2. The van der Waals surface area contributed by atoms with E-state index in [9.17, 15) is 5.11 Å². The Bertz CT molecular complexity index is 660. The van der Waals surface area contributed by atoms with Crippen LogP contribution in [0.25, 0.3) is 0 Å². The topological polar surface area (TPSA) is 29.5 Å². The van der Waals surface area contributed by atoms with Gasteiger partial charge in [0.25, 0.3) is 0 Å². The van der Waals surface area contributed by atoms with Crippen molar-refractivity contribution in [1.29, 1.82) is 0 Å². The molecule has 0 fully saturated rings. The summed E-state index contributed by atoms with van der Waals surface area (Å²) in [6.45, 7) is 4.09. The van der Waals surface area contributed by atoms with Gasteiger partial charge in [-0.2, -0.15) is 0 Å². The molecular formula is C18H20O2. The number of aliphatic hydroxyl groups is 1. The number of benzene rings is 2. The molecule has 20 heavy (non-hydrogen) atoms. The van der Waals surface area contributed by atoms with Crippen molar-refractivity contribution < 1.29 is 9.84 Å². The van der Waals surface area contributed by atoms with Gasteiger partial charge < -0.3 is 9.84 Å². The van der Waals surface area contributed by atoms with Gasteiger partial charge in [0.1, 0.15) is 11.4 Å². The molecule has 0 bridgehead atoms. The maximum atomic E-state index is 11.3. The minimum atomic E-state index is -0.931. The van der Waals surface area contributed by atoms with Gasteiger partial charge in [0.05, 0.1) is 7.11 Å². The predicted molar refractivity (Wildman–Crippen MR) is 80.2 cm³/mol. The number of aryl methyl sites for hydroxylation is 3. The molecule has 1 atom stereocenters. The van der Waals surface area contributed by atoms with Crippen molar-refractivity contribution in [2.45, 2.75) is 32.3 Å². The minimum absolute atomic E-state index is 0.715. The molecule has 0 spiro atoms. The summed E-state index contributed by atoms with van der Waals surface area (Å²) in [6, 6.07) is 12.3. The standard InChI is InChI=1S/C18H20O2/c1-12-10-13(2)17(16(11-12)20-3)18(19)9-8-14-6-4-5-7-15(14)18/h4-7,10-11,19H,8-9H2,1-3H3. The van der Waals surface area contributed by atoms with Crippen LogP contribution in [0.5, 0.6) is 5.75 Å². The molecular weight excluding hydrogens is 248 g/mol. The first kappa shape index (κ1) is 13.2. The summed E-state index contributed by atoms with van der Waals surface area (Å²) in [5.41, 5.74) is 4.47. The molecule has 1 aliphatic rings. The second-order valence-electron chi connectivity index (χ2n) is 5.68. The molecule has 1 N–H and O–H groups in total. The van der Waals surface area contributed by atoms with Crippen molar-refractivity contribution in [3.63, 3.8) is 0 Å². The average molecular weight is 268 g/mol. The van der Waals surface area contributed by atoms with Gasteiger partial charge >= 0.3 is 0 Å². The lowest BCUT2D eigenvalue weighted by molar-refractivity contribution is 0.0793. The highest BCUT2D eigenvalue weighted by molar-refractivity contribution is 5.54.